The van der Waals surface area contributed by atoms with Crippen LogP contribution in [-0.4, -0.2) is 11.6 Å². The minimum Gasteiger partial charge on any atom is -0.282 e. The fourth-order valence-corrected chi connectivity index (χ4v) is 3.12. The van der Waals surface area contributed by atoms with Gasteiger partial charge in [-0.25, -0.2) is 4.99 Å². The van der Waals surface area contributed by atoms with Crippen molar-refractivity contribution in [3.63, 3.8) is 0 Å². The fourth-order valence-electron chi connectivity index (χ4n) is 3.12. The summed E-state index contributed by atoms with van der Waals surface area (Å²) < 4.78 is 0. The zero-order chi connectivity index (χ0) is 18.6. The van der Waals surface area contributed by atoms with E-state index in [0.29, 0.717) is 11.3 Å². The number of rotatable bonds is 3. The summed E-state index contributed by atoms with van der Waals surface area (Å²) >= 11 is 0. The minimum atomic E-state index is -0.132. The highest BCUT2D eigenvalue weighted by molar-refractivity contribution is 6.33. The van der Waals surface area contributed by atoms with E-state index in [0.717, 1.165) is 22.5 Å². The number of allylic oxidation sites excluding steroid dienone is 1. The Morgan fingerprint density at radius 2 is 1.37 bits per heavy atom. The Balaban J connectivity index is 2.00. The average molecular weight is 350 g/mol. The molecule has 3 heteroatoms. The Morgan fingerprint density at radius 3 is 2.04 bits per heavy atom. The van der Waals surface area contributed by atoms with Gasteiger partial charge in [-0.2, -0.15) is 0 Å². The van der Waals surface area contributed by atoms with Crippen LogP contribution in [0, 0.1) is 0 Å². The van der Waals surface area contributed by atoms with Crippen molar-refractivity contribution >= 4 is 28.6 Å². The molecule has 0 aliphatic carbocycles. The number of hydrogen-bond acceptors (Lipinski definition) is 2. The van der Waals surface area contributed by atoms with Gasteiger partial charge in [0.15, 0.2) is 0 Å². The Hall–Kier alpha value is -3.72. The zero-order valence-electron chi connectivity index (χ0n) is 14.7. The van der Waals surface area contributed by atoms with E-state index in [9.17, 15) is 4.79 Å². The van der Waals surface area contributed by atoms with Gasteiger partial charge in [0, 0.05) is 17.3 Å². The summed E-state index contributed by atoms with van der Waals surface area (Å²) in [4.78, 5) is 19.8. The SMILES string of the molecule is C=CN1C(=O)/C(c2ccccc2)=C\C(c2ccccc2)=Nc2ccccc21. The maximum Gasteiger partial charge on any atom is 0.263 e. The average Bonchev–Trinajstić information content (AvgIpc) is 2.72. The first-order valence-corrected chi connectivity index (χ1v) is 8.74. The Morgan fingerprint density at radius 1 is 0.778 bits per heavy atom. The van der Waals surface area contributed by atoms with Crippen LogP contribution in [-0.2, 0) is 4.79 Å². The lowest BCUT2D eigenvalue weighted by Crippen LogP contribution is -2.27. The highest BCUT2D eigenvalue weighted by atomic mass is 16.2. The van der Waals surface area contributed by atoms with Gasteiger partial charge in [-0.1, -0.05) is 79.4 Å². The minimum absolute atomic E-state index is 0.132. The molecule has 0 fully saturated rings. The molecule has 0 spiro atoms. The van der Waals surface area contributed by atoms with E-state index in [4.69, 9.17) is 4.99 Å². The van der Waals surface area contributed by atoms with Crippen molar-refractivity contribution in [3.8, 4) is 0 Å². The molecule has 0 saturated carbocycles. The molecule has 0 atom stereocenters. The number of amides is 1. The number of para-hydroxylation sites is 2. The van der Waals surface area contributed by atoms with Crippen molar-refractivity contribution in [2.75, 3.05) is 4.90 Å². The number of nitrogens with zero attached hydrogens (tertiary/aromatic N) is 2. The van der Waals surface area contributed by atoms with E-state index in [1.165, 1.54) is 0 Å². The molecule has 0 saturated heterocycles. The van der Waals surface area contributed by atoms with Crippen molar-refractivity contribution in [3.05, 3.63) is 115 Å². The molecule has 130 valence electrons. The molecule has 1 heterocycles. The quantitative estimate of drug-likeness (QED) is 0.624. The number of carbonyl (C=O) groups is 1. The Bertz CT molecular complexity index is 1050. The first-order chi connectivity index (χ1) is 13.3. The van der Waals surface area contributed by atoms with Crippen LogP contribution in [0.25, 0.3) is 5.57 Å². The second-order valence-corrected chi connectivity index (χ2v) is 6.13. The van der Waals surface area contributed by atoms with E-state index >= 15 is 0 Å². The van der Waals surface area contributed by atoms with Crippen molar-refractivity contribution in [1.82, 2.24) is 0 Å². The summed E-state index contributed by atoms with van der Waals surface area (Å²) in [7, 11) is 0. The molecule has 27 heavy (non-hydrogen) atoms. The highest BCUT2D eigenvalue weighted by Gasteiger charge is 2.24. The lowest BCUT2D eigenvalue weighted by atomic mass is 9.98. The van der Waals surface area contributed by atoms with E-state index in [2.05, 4.69) is 6.58 Å². The summed E-state index contributed by atoms with van der Waals surface area (Å²) in [5.41, 5.74) is 4.57. The monoisotopic (exact) mass is 350 g/mol. The Labute approximate surface area is 158 Å². The maximum atomic E-state index is 13.4. The van der Waals surface area contributed by atoms with E-state index in [-0.39, 0.29) is 5.91 Å². The lowest BCUT2D eigenvalue weighted by molar-refractivity contribution is -0.112. The number of benzene rings is 3. The normalized spacial score (nSPS) is 15.7. The predicted molar refractivity (Wildman–Crippen MR) is 111 cm³/mol. The summed E-state index contributed by atoms with van der Waals surface area (Å²) in [6.45, 7) is 3.84. The molecule has 0 bridgehead atoms. The number of fused-ring (bicyclic) bond motifs is 1. The third-order valence-corrected chi connectivity index (χ3v) is 4.45. The van der Waals surface area contributed by atoms with Gasteiger partial charge >= 0.3 is 0 Å². The van der Waals surface area contributed by atoms with Crippen LogP contribution in [0.1, 0.15) is 11.1 Å². The van der Waals surface area contributed by atoms with E-state index < -0.39 is 0 Å². The summed E-state index contributed by atoms with van der Waals surface area (Å²) in [5.74, 6) is -0.132. The topological polar surface area (TPSA) is 32.7 Å². The van der Waals surface area contributed by atoms with Crippen LogP contribution < -0.4 is 4.90 Å². The van der Waals surface area contributed by atoms with Crippen molar-refractivity contribution in [2.45, 2.75) is 0 Å². The zero-order valence-corrected chi connectivity index (χ0v) is 14.7. The van der Waals surface area contributed by atoms with Gasteiger partial charge in [-0.05, 0) is 23.8 Å². The largest absolute Gasteiger partial charge is 0.282 e. The first-order valence-electron chi connectivity index (χ1n) is 8.74. The molecular weight excluding hydrogens is 332 g/mol. The van der Waals surface area contributed by atoms with Gasteiger partial charge in [0.25, 0.3) is 5.91 Å². The Kier molecular flexibility index (Phi) is 4.50. The third-order valence-electron chi connectivity index (χ3n) is 4.45. The van der Waals surface area contributed by atoms with Crippen LogP contribution in [0.2, 0.25) is 0 Å². The summed E-state index contributed by atoms with van der Waals surface area (Å²) in [5, 5.41) is 0. The number of anilines is 1. The molecular formula is C24H18N2O. The molecule has 3 nitrogen and oxygen atoms in total. The van der Waals surface area contributed by atoms with E-state index in [1.54, 1.807) is 11.1 Å². The summed E-state index contributed by atoms with van der Waals surface area (Å²) in [6.07, 6.45) is 3.40. The molecule has 1 aliphatic heterocycles. The second kappa shape index (κ2) is 7.26. The van der Waals surface area contributed by atoms with Gasteiger partial charge in [0.05, 0.1) is 17.1 Å². The summed E-state index contributed by atoms with van der Waals surface area (Å²) in [6, 6.07) is 27.1. The van der Waals surface area contributed by atoms with Gasteiger partial charge < -0.3 is 0 Å². The molecule has 0 radical (unpaired) electrons. The second-order valence-electron chi connectivity index (χ2n) is 6.13. The van der Waals surface area contributed by atoms with Crippen LogP contribution in [0.3, 0.4) is 0 Å². The molecule has 4 rings (SSSR count). The number of hydrogen-bond donors (Lipinski definition) is 0. The van der Waals surface area contributed by atoms with Gasteiger partial charge in [-0.3, -0.25) is 9.69 Å². The van der Waals surface area contributed by atoms with Gasteiger partial charge in [0.1, 0.15) is 0 Å². The molecule has 1 amide bonds. The van der Waals surface area contributed by atoms with Crippen molar-refractivity contribution in [1.29, 1.82) is 0 Å². The predicted octanol–water partition coefficient (Wildman–Crippen LogP) is 5.38. The van der Waals surface area contributed by atoms with Gasteiger partial charge in [-0.15, -0.1) is 0 Å². The van der Waals surface area contributed by atoms with E-state index in [1.807, 2.05) is 91.0 Å². The molecule has 1 aliphatic rings. The van der Waals surface area contributed by atoms with Crippen LogP contribution in [0.4, 0.5) is 11.4 Å². The van der Waals surface area contributed by atoms with Crippen molar-refractivity contribution in [2.24, 2.45) is 4.99 Å². The number of aliphatic imine (C=N–C) groups is 1. The molecule has 0 unspecified atom stereocenters. The fraction of sp³-hybridized carbons (Fsp3) is 0. The first kappa shape index (κ1) is 16.7. The van der Waals surface area contributed by atoms with Gasteiger partial charge in [0.2, 0.25) is 0 Å². The third kappa shape index (κ3) is 3.23. The molecule has 0 N–H and O–H groups in total. The smallest absolute Gasteiger partial charge is 0.263 e. The van der Waals surface area contributed by atoms with Crippen LogP contribution >= 0.6 is 0 Å². The van der Waals surface area contributed by atoms with Crippen LogP contribution in [0.5, 0.6) is 0 Å². The highest BCUT2D eigenvalue weighted by Crippen LogP contribution is 2.34. The molecule has 3 aromatic rings. The standard InChI is InChI=1S/C24H18N2O/c1-2-26-23-16-10-9-15-21(23)25-22(19-13-7-4-8-14-19)17-20(24(26)27)18-11-5-3-6-12-18/h2-17H,1H2/b20-17-,25-22?. The van der Waals surface area contributed by atoms with Crippen LogP contribution in [0.15, 0.2) is 109 Å². The molecule has 3 aromatic carbocycles. The van der Waals surface area contributed by atoms with Crippen molar-refractivity contribution < 1.29 is 4.79 Å². The number of carbonyl (C=O) groups excluding carboxylic acids is 1. The maximum absolute atomic E-state index is 13.4. The molecule has 0 aromatic heterocycles. The lowest BCUT2D eigenvalue weighted by Gasteiger charge is -2.24.